The molecule has 1 aromatic rings. The summed E-state index contributed by atoms with van der Waals surface area (Å²) in [6.07, 6.45) is 0.486. The van der Waals surface area contributed by atoms with Crippen molar-refractivity contribution in [1.82, 2.24) is 9.80 Å². The minimum absolute atomic E-state index is 0.228. The molecule has 0 bridgehead atoms. The number of methoxy groups -OCH3 is 1. The standard InChI is InChI=1S/C16H24N2O2/c1-12-10-15(20-4)13(2)9-14(12)11-16(19)18-7-5-17(3)6-8-18/h9-10H,5-8,11H2,1-4H3. The van der Waals surface area contributed by atoms with Gasteiger partial charge in [0.2, 0.25) is 5.91 Å². The number of nitrogens with zero attached hydrogens (tertiary/aromatic N) is 2. The Balaban J connectivity index is 2.06. The van der Waals surface area contributed by atoms with Crippen LogP contribution in [0.1, 0.15) is 16.7 Å². The average Bonchev–Trinajstić information content (AvgIpc) is 2.43. The zero-order valence-corrected chi connectivity index (χ0v) is 12.9. The summed E-state index contributed by atoms with van der Waals surface area (Å²) < 4.78 is 5.31. The SMILES string of the molecule is COc1cc(C)c(CC(=O)N2CCN(C)CC2)cc1C. The summed E-state index contributed by atoms with van der Waals surface area (Å²) in [5.41, 5.74) is 3.31. The maximum atomic E-state index is 12.4. The van der Waals surface area contributed by atoms with Crippen molar-refractivity contribution in [2.75, 3.05) is 40.3 Å². The molecule has 1 heterocycles. The third kappa shape index (κ3) is 3.31. The fourth-order valence-corrected chi connectivity index (χ4v) is 2.59. The number of benzene rings is 1. The number of hydrogen-bond acceptors (Lipinski definition) is 3. The third-order valence-corrected chi connectivity index (χ3v) is 4.05. The average molecular weight is 276 g/mol. The van der Waals surface area contributed by atoms with Gasteiger partial charge in [0.15, 0.2) is 0 Å². The number of aryl methyl sites for hydroxylation is 2. The number of amides is 1. The molecule has 0 unspecified atom stereocenters. The molecule has 0 spiro atoms. The van der Waals surface area contributed by atoms with Crippen LogP contribution in [0.5, 0.6) is 5.75 Å². The number of carbonyl (C=O) groups excluding carboxylic acids is 1. The molecule has 2 rings (SSSR count). The molecule has 4 heteroatoms. The first-order valence-corrected chi connectivity index (χ1v) is 7.11. The van der Waals surface area contributed by atoms with E-state index in [4.69, 9.17) is 4.74 Å². The van der Waals surface area contributed by atoms with Crippen LogP contribution in [-0.4, -0.2) is 56.0 Å². The van der Waals surface area contributed by atoms with Gasteiger partial charge in [0.1, 0.15) is 5.75 Å². The van der Waals surface area contributed by atoms with Crippen LogP contribution in [0.2, 0.25) is 0 Å². The van der Waals surface area contributed by atoms with Gasteiger partial charge in [-0.1, -0.05) is 6.07 Å². The summed E-state index contributed by atoms with van der Waals surface area (Å²) in [6, 6.07) is 4.09. The molecular formula is C16H24N2O2. The molecule has 1 fully saturated rings. The third-order valence-electron chi connectivity index (χ3n) is 4.05. The zero-order chi connectivity index (χ0) is 14.7. The topological polar surface area (TPSA) is 32.8 Å². The maximum Gasteiger partial charge on any atom is 0.227 e. The summed E-state index contributed by atoms with van der Waals surface area (Å²) in [6.45, 7) is 7.66. The Morgan fingerprint density at radius 1 is 1.15 bits per heavy atom. The van der Waals surface area contributed by atoms with E-state index < -0.39 is 0 Å². The Bertz CT molecular complexity index is 491. The van der Waals surface area contributed by atoms with Gasteiger partial charge in [0.25, 0.3) is 0 Å². The molecule has 20 heavy (non-hydrogen) atoms. The Morgan fingerprint density at radius 3 is 2.40 bits per heavy atom. The van der Waals surface area contributed by atoms with Gasteiger partial charge >= 0.3 is 0 Å². The van der Waals surface area contributed by atoms with Gasteiger partial charge in [-0.25, -0.2) is 0 Å². The van der Waals surface area contributed by atoms with Crippen LogP contribution in [-0.2, 0) is 11.2 Å². The summed E-state index contributed by atoms with van der Waals surface area (Å²) >= 11 is 0. The van der Waals surface area contributed by atoms with E-state index in [-0.39, 0.29) is 5.91 Å². The van der Waals surface area contributed by atoms with E-state index in [1.165, 1.54) is 0 Å². The van der Waals surface area contributed by atoms with Crippen LogP contribution < -0.4 is 4.74 Å². The predicted molar refractivity (Wildman–Crippen MR) is 80.2 cm³/mol. The number of carbonyl (C=O) groups is 1. The number of ether oxygens (including phenoxy) is 1. The van der Waals surface area contributed by atoms with Crippen molar-refractivity contribution in [3.63, 3.8) is 0 Å². The second-order valence-electron chi connectivity index (χ2n) is 5.61. The molecule has 1 saturated heterocycles. The summed E-state index contributed by atoms with van der Waals surface area (Å²) in [5, 5.41) is 0. The van der Waals surface area contributed by atoms with Crippen LogP contribution >= 0.6 is 0 Å². The van der Waals surface area contributed by atoms with Gasteiger partial charge in [0.05, 0.1) is 13.5 Å². The van der Waals surface area contributed by atoms with Crippen LogP contribution in [0.4, 0.5) is 0 Å². The highest BCUT2D eigenvalue weighted by molar-refractivity contribution is 5.79. The lowest BCUT2D eigenvalue weighted by atomic mass is 10.0. The fraction of sp³-hybridized carbons (Fsp3) is 0.562. The second-order valence-corrected chi connectivity index (χ2v) is 5.61. The lowest BCUT2D eigenvalue weighted by Gasteiger charge is -2.32. The molecule has 0 atom stereocenters. The quantitative estimate of drug-likeness (QED) is 0.841. The zero-order valence-electron chi connectivity index (χ0n) is 12.9. The van der Waals surface area contributed by atoms with Gasteiger partial charge in [0, 0.05) is 26.2 Å². The van der Waals surface area contributed by atoms with Crippen molar-refractivity contribution in [1.29, 1.82) is 0 Å². The molecule has 1 amide bonds. The highest BCUT2D eigenvalue weighted by Gasteiger charge is 2.20. The normalized spacial score (nSPS) is 16.3. The summed E-state index contributed by atoms with van der Waals surface area (Å²) in [7, 11) is 3.77. The largest absolute Gasteiger partial charge is 0.496 e. The van der Waals surface area contributed by atoms with E-state index in [0.717, 1.165) is 48.6 Å². The van der Waals surface area contributed by atoms with Gasteiger partial charge in [-0.05, 0) is 43.7 Å². The monoisotopic (exact) mass is 276 g/mol. The van der Waals surface area contributed by atoms with Crippen molar-refractivity contribution in [2.24, 2.45) is 0 Å². The summed E-state index contributed by atoms with van der Waals surface area (Å²) in [4.78, 5) is 16.6. The molecule has 110 valence electrons. The maximum absolute atomic E-state index is 12.4. The van der Waals surface area contributed by atoms with E-state index in [2.05, 4.69) is 18.0 Å². The second kappa shape index (κ2) is 6.27. The Kier molecular flexibility index (Phi) is 4.65. The first-order chi connectivity index (χ1) is 9.51. The Labute approximate surface area is 121 Å². The number of piperazine rings is 1. The minimum atomic E-state index is 0.228. The van der Waals surface area contributed by atoms with Crippen molar-refractivity contribution in [3.05, 3.63) is 28.8 Å². The Morgan fingerprint density at radius 2 is 1.80 bits per heavy atom. The van der Waals surface area contributed by atoms with E-state index >= 15 is 0 Å². The molecule has 0 N–H and O–H groups in total. The molecule has 0 saturated carbocycles. The van der Waals surface area contributed by atoms with Crippen LogP contribution in [0.3, 0.4) is 0 Å². The molecule has 0 radical (unpaired) electrons. The van der Waals surface area contributed by atoms with Gasteiger partial charge in [-0.15, -0.1) is 0 Å². The fourth-order valence-electron chi connectivity index (χ4n) is 2.59. The van der Waals surface area contributed by atoms with Crippen molar-refractivity contribution in [3.8, 4) is 5.75 Å². The van der Waals surface area contributed by atoms with E-state index in [1.54, 1.807) is 7.11 Å². The van der Waals surface area contributed by atoms with E-state index in [9.17, 15) is 4.79 Å². The minimum Gasteiger partial charge on any atom is -0.496 e. The van der Waals surface area contributed by atoms with Crippen LogP contribution in [0.15, 0.2) is 12.1 Å². The number of likely N-dealkylation sites (N-methyl/N-ethyl adjacent to an activating group) is 1. The number of rotatable bonds is 3. The van der Waals surface area contributed by atoms with Gasteiger partial charge < -0.3 is 14.5 Å². The molecule has 0 aromatic heterocycles. The predicted octanol–water partition coefficient (Wildman–Crippen LogP) is 1.63. The summed E-state index contributed by atoms with van der Waals surface area (Å²) in [5.74, 6) is 1.11. The van der Waals surface area contributed by atoms with E-state index in [0.29, 0.717) is 6.42 Å². The molecule has 1 aliphatic heterocycles. The highest BCUT2D eigenvalue weighted by Crippen LogP contribution is 2.23. The lowest BCUT2D eigenvalue weighted by Crippen LogP contribution is -2.47. The van der Waals surface area contributed by atoms with Crippen molar-refractivity contribution in [2.45, 2.75) is 20.3 Å². The van der Waals surface area contributed by atoms with E-state index in [1.807, 2.05) is 24.8 Å². The smallest absolute Gasteiger partial charge is 0.227 e. The number of hydrogen-bond donors (Lipinski definition) is 0. The first kappa shape index (κ1) is 14.9. The van der Waals surface area contributed by atoms with Crippen LogP contribution in [0.25, 0.3) is 0 Å². The molecular weight excluding hydrogens is 252 g/mol. The van der Waals surface area contributed by atoms with Crippen molar-refractivity contribution >= 4 is 5.91 Å². The van der Waals surface area contributed by atoms with Gasteiger partial charge in [-0.3, -0.25) is 4.79 Å². The van der Waals surface area contributed by atoms with Gasteiger partial charge in [-0.2, -0.15) is 0 Å². The molecule has 0 aliphatic carbocycles. The molecule has 1 aliphatic rings. The van der Waals surface area contributed by atoms with Crippen molar-refractivity contribution < 1.29 is 9.53 Å². The Hall–Kier alpha value is -1.55. The lowest BCUT2D eigenvalue weighted by molar-refractivity contribution is -0.132. The highest BCUT2D eigenvalue weighted by atomic mass is 16.5. The molecule has 1 aromatic carbocycles. The van der Waals surface area contributed by atoms with Crippen LogP contribution in [0, 0.1) is 13.8 Å². The first-order valence-electron chi connectivity index (χ1n) is 7.11. The molecule has 4 nitrogen and oxygen atoms in total.